The lowest BCUT2D eigenvalue weighted by Crippen LogP contribution is -2.55. The van der Waals surface area contributed by atoms with E-state index in [9.17, 15) is 4.79 Å². The number of aromatic nitrogens is 2. The van der Waals surface area contributed by atoms with Crippen LogP contribution < -0.4 is 11.1 Å². The molecule has 2 rings (SSSR count). The van der Waals surface area contributed by atoms with E-state index in [1.54, 1.807) is 17.4 Å². The molecule has 1 unspecified atom stereocenters. The van der Waals surface area contributed by atoms with Gasteiger partial charge in [0.2, 0.25) is 0 Å². The first-order chi connectivity index (χ1) is 9.46. The minimum absolute atomic E-state index is 0. The Bertz CT molecular complexity index is 582. The molecular formula is C14H21ClN4OS. The number of nitrogens with two attached hydrogens (primary N) is 1. The van der Waals surface area contributed by atoms with Gasteiger partial charge < -0.3 is 11.1 Å². The highest BCUT2D eigenvalue weighted by molar-refractivity contribution is 7.13. The topological polar surface area (TPSA) is 83.8 Å². The molecule has 0 bridgehead atoms. The van der Waals surface area contributed by atoms with Crippen molar-refractivity contribution in [3.63, 3.8) is 0 Å². The quantitative estimate of drug-likeness (QED) is 0.789. The van der Waals surface area contributed by atoms with E-state index < -0.39 is 5.54 Å². The molecule has 0 aliphatic heterocycles. The van der Waals surface area contributed by atoms with E-state index in [1.807, 2.05) is 38.3 Å². The zero-order valence-electron chi connectivity index (χ0n) is 12.3. The zero-order valence-corrected chi connectivity index (χ0v) is 14.0. The maximum Gasteiger partial charge on any atom is 0.272 e. The summed E-state index contributed by atoms with van der Waals surface area (Å²) >= 11 is 1.60. The van der Waals surface area contributed by atoms with Crippen molar-refractivity contribution >= 4 is 29.7 Å². The molecule has 0 saturated heterocycles. The molecule has 0 fully saturated rings. The smallest absolute Gasteiger partial charge is 0.272 e. The van der Waals surface area contributed by atoms with Crippen molar-refractivity contribution in [3.8, 4) is 10.6 Å². The summed E-state index contributed by atoms with van der Waals surface area (Å²) in [6, 6.07) is 5.71. The van der Waals surface area contributed by atoms with Gasteiger partial charge in [-0.3, -0.25) is 9.89 Å². The Morgan fingerprint density at radius 3 is 2.81 bits per heavy atom. The first-order valence-corrected chi connectivity index (χ1v) is 7.46. The van der Waals surface area contributed by atoms with Crippen LogP contribution in [0.5, 0.6) is 0 Å². The van der Waals surface area contributed by atoms with Gasteiger partial charge in [-0.25, -0.2) is 0 Å². The van der Waals surface area contributed by atoms with Crippen LogP contribution in [0.2, 0.25) is 0 Å². The van der Waals surface area contributed by atoms with Crippen LogP contribution in [0, 0.1) is 5.92 Å². The number of H-pyrrole nitrogens is 1. The highest BCUT2D eigenvalue weighted by Crippen LogP contribution is 2.23. The second-order valence-electron chi connectivity index (χ2n) is 5.37. The molecule has 0 spiro atoms. The Balaban J connectivity index is 0.00000220. The Labute approximate surface area is 134 Å². The van der Waals surface area contributed by atoms with Gasteiger partial charge >= 0.3 is 0 Å². The SMILES string of the molecule is CC(C)C(C)(CN)NC(=O)c1cc(-c2cccs2)[nH]n1.Cl. The van der Waals surface area contributed by atoms with Crippen LogP contribution in [0.25, 0.3) is 10.6 Å². The molecule has 0 saturated carbocycles. The van der Waals surface area contributed by atoms with Crippen LogP contribution in [-0.4, -0.2) is 28.2 Å². The number of halogens is 1. The summed E-state index contributed by atoms with van der Waals surface area (Å²) < 4.78 is 0. The van der Waals surface area contributed by atoms with E-state index >= 15 is 0 Å². The van der Waals surface area contributed by atoms with E-state index in [-0.39, 0.29) is 24.2 Å². The molecule has 1 atom stereocenters. The third-order valence-electron chi connectivity index (χ3n) is 3.69. The fraction of sp³-hybridized carbons (Fsp3) is 0.429. The molecule has 7 heteroatoms. The van der Waals surface area contributed by atoms with E-state index in [2.05, 4.69) is 15.5 Å². The number of thiophene rings is 1. The molecule has 1 amide bonds. The van der Waals surface area contributed by atoms with Gasteiger partial charge in [-0.2, -0.15) is 5.10 Å². The minimum atomic E-state index is -0.431. The fourth-order valence-electron chi connectivity index (χ4n) is 1.75. The molecular weight excluding hydrogens is 308 g/mol. The lowest BCUT2D eigenvalue weighted by Gasteiger charge is -2.33. The number of nitrogens with zero attached hydrogens (tertiary/aromatic N) is 1. The van der Waals surface area contributed by atoms with Crippen LogP contribution in [-0.2, 0) is 0 Å². The molecule has 4 N–H and O–H groups in total. The lowest BCUT2D eigenvalue weighted by atomic mass is 9.88. The molecule has 2 aromatic rings. The Hall–Kier alpha value is -1.37. The van der Waals surface area contributed by atoms with E-state index in [1.165, 1.54) is 0 Å². The van der Waals surface area contributed by atoms with Crippen LogP contribution in [0.1, 0.15) is 31.3 Å². The second kappa shape index (κ2) is 7.06. The molecule has 0 aliphatic rings. The lowest BCUT2D eigenvalue weighted by molar-refractivity contribution is 0.0878. The summed E-state index contributed by atoms with van der Waals surface area (Å²) in [5, 5.41) is 11.9. The molecule has 21 heavy (non-hydrogen) atoms. The summed E-state index contributed by atoms with van der Waals surface area (Å²) in [5.74, 6) is 0.0397. The third-order valence-corrected chi connectivity index (χ3v) is 4.60. The summed E-state index contributed by atoms with van der Waals surface area (Å²) in [7, 11) is 0. The number of hydrogen-bond donors (Lipinski definition) is 3. The highest BCUT2D eigenvalue weighted by atomic mass is 35.5. The molecule has 0 aliphatic carbocycles. The Morgan fingerprint density at radius 1 is 1.57 bits per heavy atom. The zero-order chi connectivity index (χ0) is 14.8. The van der Waals surface area contributed by atoms with Gasteiger partial charge in [0.05, 0.1) is 16.1 Å². The van der Waals surface area contributed by atoms with Gasteiger partial charge in [0.1, 0.15) is 0 Å². The van der Waals surface area contributed by atoms with Gasteiger partial charge in [-0.05, 0) is 30.4 Å². The molecule has 2 heterocycles. The van der Waals surface area contributed by atoms with E-state index in [0.29, 0.717) is 12.2 Å². The van der Waals surface area contributed by atoms with Crippen LogP contribution in [0.3, 0.4) is 0 Å². The maximum absolute atomic E-state index is 12.3. The second-order valence-corrected chi connectivity index (χ2v) is 6.32. The molecule has 5 nitrogen and oxygen atoms in total. The number of nitrogens with one attached hydrogen (secondary N) is 2. The predicted molar refractivity (Wildman–Crippen MR) is 88.9 cm³/mol. The fourth-order valence-corrected chi connectivity index (χ4v) is 2.44. The number of aromatic amines is 1. The number of carbonyl (C=O) groups excluding carboxylic acids is 1. The summed E-state index contributed by atoms with van der Waals surface area (Å²) in [6.07, 6.45) is 0. The standard InChI is InChI=1S/C14H20N4OS.ClH/c1-9(2)14(3,8-15)16-13(19)11-7-10(17-18-11)12-5-4-6-20-12;/h4-7,9H,8,15H2,1-3H3,(H,16,19)(H,17,18);1H. The summed E-state index contributed by atoms with van der Waals surface area (Å²) in [4.78, 5) is 13.3. The average molecular weight is 329 g/mol. The molecule has 0 radical (unpaired) electrons. The van der Waals surface area contributed by atoms with Crippen molar-refractivity contribution in [2.24, 2.45) is 11.7 Å². The van der Waals surface area contributed by atoms with Crippen molar-refractivity contribution in [2.75, 3.05) is 6.54 Å². The average Bonchev–Trinajstić information content (AvgIpc) is 3.08. The monoisotopic (exact) mass is 328 g/mol. The van der Waals surface area contributed by atoms with Crippen LogP contribution in [0.15, 0.2) is 23.6 Å². The van der Waals surface area contributed by atoms with Crippen molar-refractivity contribution in [1.82, 2.24) is 15.5 Å². The number of rotatable bonds is 5. The predicted octanol–water partition coefficient (Wildman–Crippen LogP) is 2.66. The first kappa shape index (κ1) is 17.7. The van der Waals surface area contributed by atoms with Crippen LogP contribution in [0.4, 0.5) is 0 Å². The Morgan fingerprint density at radius 2 is 2.29 bits per heavy atom. The number of carbonyl (C=O) groups is 1. The minimum Gasteiger partial charge on any atom is -0.344 e. The van der Waals surface area contributed by atoms with E-state index in [4.69, 9.17) is 5.73 Å². The first-order valence-electron chi connectivity index (χ1n) is 6.58. The van der Waals surface area contributed by atoms with Crippen LogP contribution >= 0.6 is 23.7 Å². The third kappa shape index (κ3) is 3.84. The molecule has 2 aromatic heterocycles. The Kier molecular flexibility index (Phi) is 5.95. The molecule has 116 valence electrons. The largest absolute Gasteiger partial charge is 0.344 e. The van der Waals surface area contributed by atoms with Gasteiger partial charge in [-0.1, -0.05) is 19.9 Å². The van der Waals surface area contributed by atoms with Gasteiger partial charge in [-0.15, -0.1) is 23.7 Å². The van der Waals surface area contributed by atoms with E-state index in [0.717, 1.165) is 10.6 Å². The van der Waals surface area contributed by atoms with Crippen molar-refractivity contribution < 1.29 is 4.79 Å². The number of amides is 1. The highest BCUT2D eigenvalue weighted by Gasteiger charge is 2.29. The van der Waals surface area contributed by atoms with Gasteiger partial charge in [0.15, 0.2) is 5.69 Å². The normalized spacial score (nSPS) is 13.6. The van der Waals surface area contributed by atoms with Gasteiger partial charge in [0.25, 0.3) is 5.91 Å². The maximum atomic E-state index is 12.3. The van der Waals surface area contributed by atoms with Crippen molar-refractivity contribution in [1.29, 1.82) is 0 Å². The number of hydrogen-bond acceptors (Lipinski definition) is 4. The van der Waals surface area contributed by atoms with Gasteiger partial charge in [0, 0.05) is 6.54 Å². The van der Waals surface area contributed by atoms with Crippen molar-refractivity contribution in [2.45, 2.75) is 26.3 Å². The summed E-state index contributed by atoms with van der Waals surface area (Å²) in [6.45, 7) is 6.41. The molecule has 0 aromatic carbocycles. The summed E-state index contributed by atoms with van der Waals surface area (Å²) in [5.41, 5.74) is 6.58. The van der Waals surface area contributed by atoms with Crippen molar-refractivity contribution in [3.05, 3.63) is 29.3 Å².